The molecule has 0 N–H and O–H groups in total. The summed E-state index contributed by atoms with van der Waals surface area (Å²) in [7, 11) is 0. The molecule has 2 heterocycles. The lowest BCUT2D eigenvalue weighted by molar-refractivity contribution is 0.0461. The van der Waals surface area contributed by atoms with Crippen LogP contribution in [-0.4, -0.2) is 36.1 Å². The van der Waals surface area contributed by atoms with Crippen LogP contribution in [0.25, 0.3) is 10.9 Å². The van der Waals surface area contributed by atoms with Gasteiger partial charge < -0.3 is 9.64 Å². The summed E-state index contributed by atoms with van der Waals surface area (Å²) in [5.74, 6) is -1.45. The van der Waals surface area contributed by atoms with Crippen molar-refractivity contribution in [1.29, 1.82) is 0 Å². The van der Waals surface area contributed by atoms with E-state index >= 15 is 0 Å². The topological polar surface area (TPSA) is 42.4 Å². The summed E-state index contributed by atoms with van der Waals surface area (Å²) in [6.07, 6.45) is 1.56. The molecule has 1 aromatic heterocycles. The number of benzene rings is 1. The highest BCUT2D eigenvalue weighted by molar-refractivity contribution is 6.08. The molecule has 0 saturated heterocycles. The SMILES string of the molecule is CCOC1CN(C2CC2)c2nc3cc(F)c(F)cc3cc2C1=O. The summed E-state index contributed by atoms with van der Waals surface area (Å²) < 4.78 is 32.5. The Kier molecular flexibility index (Phi) is 3.30. The lowest BCUT2D eigenvalue weighted by Crippen LogP contribution is -2.45. The number of Topliss-reactive ketones (excluding diaryl/α,β-unsaturated/α-hetero) is 1. The fourth-order valence-electron chi connectivity index (χ4n) is 3.12. The Balaban J connectivity index is 1.89. The van der Waals surface area contributed by atoms with Gasteiger partial charge in [-0.3, -0.25) is 4.79 Å². The van der Waals surface area contributed by atoms with Gasteiger partial charge in [0.05, 0.1) is 17.6 Å². The van der Waals surface area contributed by atoms with E-state index in [0.717, 1.165) is 25.0 Å². The highest BCUT2D eigenvalue weighted by atomic mass is 19.2. The van der Waals surface area contributed by atoms with Crippen molar-refractivity contribution >= 4 is 22.5 Å². The molecular formula is C17H16F2N2O2. The molecule has 23 heavy (non-hydrogen) atoms. The molecule has 120 valence electrons. The van der Waals surface area contributed by atoms with E-state index in [0.29, 0.717) is 41.5 Å². The summed E-state index contributed by atoms with van der Waals surface area (Å²) in [5.41, 5.74) is 0.788. The molecule has 1 unspecified atom stereocenters. The van der Waals surface area contributed by atoms with Crippen LogP contribution < -0.4 is 4.90 Å². The van der Waals surface area contributed by atoms with Crippen LogP contribution >= 0.6 is 0 Å². The second kappa shape index (κ2) is 5.23. The number of carbonyl (C=O) groups excluding carboxylic acids is 1. The molecule has 2 aromatic rings. The van der Waals surface area contributed by atoms with Gasteiger partial charge in [0.2, 0.25) is 0 Å². The van der Waals surface area contributed by atoms with Crippen LogP contribution in [0.2, 0.25) is 0 Å². The van der Waals surface area contributed by atoms with E-state index in [1.54, 1.807) is 6.07 Å². The molecular weight excluding hydrogens is 302 g/mol. The normalized spacial score (nSPS) is 20.9. The third-order valence-electron chi connectivity index (χ3n) is 4.38. The zero-order valence-electron chi connectivity index (χ0n) is 12.7. The Morgan fingerprint density at radius 1 is 1.26 bits per heavy atom. The van der Waals surface area contributed by atoms with E-state index in [-0.39, 0.29) is 5.78 Å². The van der Waals surface area contributed by atoms with Gasteiger partial charge in [-0.1, -0.05) is 0 Å². The number of hydrogen-bond donors (Lipinski definition) is 0. The number of halogens is 2. The minimum Gasteiger partial charge on any atom is -0.368 e. The van der Waals surface area contributed by atoms with Gasteiger partial charge in [0.25, 0.3) is 0 Å². The number of ketones is 1. The summed E-state index contributed by atoms with van der Waals surface area (Å²) in [6, 6.07) is 4.11. The van der Waals surface area contributed by atoms with Crippen LogP contribution in [0.1, 0.15) is 30.1 Å². The molecule has 0 radical (unpaired) electrons. The average Bonchev–Trinajstić information content (AvgIpc) is 3.35. The fraction of sp³-hybridized carbons (Fsp3) is 0.412. The van der Waals surface area contributed by atoms with Crippen LogP contribution in [0.3, 0.4) is 0 Å². The van der Waals surface area contributed by atoms with E-state index in [9.17, 15) is 13.6 Å². The predicted molar refractivity (Wildman–Crippen MR) is 81.8 cm³/mol. The number of hydrogen-bond acceptors (Lipinski definition) is 4. The van der Waals surface area contributed by atoms with E-state index < -0.39 is 17.7 Å². The van der Waals surface area contributed by atoms with Crippen molar-refractivity contribution < 1.29 is 18.3 Å². The quantitative estimate of drug-likeness (QED) is 0.872. The van der Waals surface area contributed by atoms with Crippen molar-refractivity contribution in [3.8, 4) is 0 Å². The molecule has 0 amide bonds. The van der Waals surface area contributed by atoms with Crippen molar-refractivity contribution in [2.75, 3.05) is 18.1 Å². The maximum Gasteiger partial charge on any atom is 0.197 e. The Bertz CT molecular complexity index is 805. The molecule has 1 saturated carbocycles. The van der Waals surface area contributed by atoms with Crippen LogP contribution in [0.15, 0.2) is 18.2 Å². The van der Waals surface area contributed by atoms with Crippen LogP contribution in [0.4, 0.5) is 14.6 Å². The Morgan fingerprint density at radius 2 is 2.00 bits per heavy atom. The number of anilines is 1. The number of rotatable bonds is 3. The molecule has 2 aliphatic rings. The van der Waals surface area contributed by atoms with E-state index in [4.69, 9.17) is 4.74 Å². The molecule has 4 rings (SSSR count). The van der Waals surface area contributed by atoms with Gasteiger partial charge in [0, 0.05) is 24.1 Å². The summed E-state index contributed by atoms with van der Waals surface area (Å²) in [5, 5.41) is 0.420. The first-order chi connectivity index (χ1) is 11.1. The third-order valence-corrected chi connectivity index (χ3v) is 4.38. The van der Waals surface area contributed by atoms with Gasteiger partial charge in [-0.25, -0.2) is 13.8 Å². The molecule has 1 atom stereocenters. The number of carbonyl (C=O) groups is 1. The third kappa shape index (κ3) is 2.37. The minimum atomic E-state index is -0.942. The summed E-state index contributed by atoms with van der Waals surface area (Å²) >= 11 is 0. The lowest BCUT2D eigenvalue weighted by Gasteiger charge is -2.34. The highest BCUT2D eigenvalue weighted by Gasteiger charge is 2.40. The van der Waals surface area contributed by atoms with Crippen molar-refractivity contribution in [3.63, 3.8) is 0 Å². The van der Waals surface area contributed by atoms with Gasteiger partial charge in [-0.2, -0.15) is 0 Å². The first-order valence-corrected chi connectivity index (χ1v) is 7.80. The number of aromatic nitrogens is 1. The standard InChI is InChI=1S/C17H16F2N2O2/c1-2-23-15-8-21(10-3-4-10)17-11(16(15)22)5-9-6-12(18)13(19)7-14(9)20-17/h5-7,10,15H,2-4,8H2,1H3. The second-order valence-corrected chi connectivity index (χ2v) is 6.01. The Hall–Kier alpha value is -2.08. The largest absolute Gasteiger partial charge is 0.368 e. The minimum absolute atomic E-state index is 0.141. The molecule has 1 fully saturated rings. The number of ether oxygens (including phenoxy) is 1. The monoisotopic (exact) mass is 318 g/mol. The van der Waals surface area contributed by atoms with E-state index in [1.165, 1.54) is 0 Å². The second-order valence-electron chi connectivity index (χ2n) is 6.01. The maximum atomic E-state index is 13.5. The van der Waals surface area contributed by atoms with Crippen LogP contribution in [0.5, 0.6) is 0 Å². The van der Waals surface area contributed by atoms with Gasteiger partial charge >= 0.3 is 0 Å². The Morgan fingerprint density at radius 3 is 2.70 bits per heavy atom. The first kappa shape index (κ1) is 14.5. The average molecular weight is 318 g/mol. The highest BCUT2D eigenvalue weighted by Crippen LogP contribution is 2.37. The molecule has 4 nitrogen and oxygen atoms in total. The zero-order chi connectivity index (χ0) is 16.1. The number of nitrogens with zero attached hydrogens (tertiary/aromatic N) is 2. The Labute approximate surface area is 132 Å². The predicted octanol–water partition coefficient (Wildman–Crippen LogP) is 3.08. The molecule has 1 aliphatic heterocycles. The van der Waals surface area contributed by atoms with Gasteiger partial charge in [-0.15, -0.1) is 0 Å². The summed E-state index contributed by atoms with van der Waals surface area (Å²) in [4.78, 5) is 19.1. The zero-order valence-corrected chi connectivity index (χ0v) is 12.7. The lowest BCUT2D eigenvalue weighted by atomic mass is 9.99. The number of pyridine rings is 1. The van der Waals surface area contributed by atoms with Gasteiger partial charge in [-0.05, 0) is 31.9 Å². The molecule has 0 bridgehead atoms. The van der Waals surface area contributed by atoms with Crippen molar-refractivity contribution in [2.45, 2.75) is 31.9 Å². The summed E-state index contributed by atoms with van der Waals surface area (Å²) in [6.45, 7) is 2.76. The molecule has 0 spiro atoms. The van der Waals surface area contributed by atoms with Crippen LogP contribution in [-0.2, 0) is 4.74 Å². The van der Waals surface area contributed by atoms with Crippen molar-refractivity contribution in [3.05, 3.63) is 35.4 Å². The van der Waals surface area contributed by atoms with Crippen LogP contribution in [0, 0.1) is 11.6 Å². The molecule has 1 aromatic carbocycles. The number of fused-ring (bicyclic) bond motifs is 2. The maximum absolute atomic E-state index is 13.5. The molecule has 6 heteroatoms. The van der Waals surface area contributed by atoms with Gasteiger partial charge in [0.1, 0.15) is 11.9 Å². The first-order valence-electron chi connectivity index (χ1n) is 7.80. The molecule has 1 aliphatic carbocycles. The van der Waals surface area contributed by atoms with E-state index in [1.807, 2.05) is 6.92 Å². The van der Waals surface area contributed by atoms with Gasteiger partial charge in [0.15, 0.2) is 17.4 Å². The van der Waals surface area contributed by atoms with Crippen molar-refractivity contribution in [1.82, 2.24) is 4.98 Å². The van der Waals surface area contributed by atoms with Crippen molar-refractivity contribution in [2.24, 2.45) is 0 Å². The van der Waals surface area contributed by atoms with E-state index in [2.05, 4.69) is 9.88 Å². The fourth-order valence-corrected chi connectivity index (χ4v) is 3.12. The smallest absolute Gasteiger partial charge is 0.197 e.